The van der Waals surface area contributed by atoms with Crippen LogP contribution in [0.1, 0.15) is 13.3 Å². The fourth-order valence-corrected chi connectivity index (χ4v) is 1.82. The highest BCUT2D eigenvalue weighted by atomic mass is 16.5. The molecule has 1 heterocycles. The van der Waals surface area contributed by atoms with Gasteiger partial charge in [0, 0.05) is 27.2 Å². The molecule has 1 saturated heterocycles. The maximum atomic E-state index is 11.8. The van der Waals surface area contributed by atoms with Crippen LogP contribution in [-0.4, -0.2) is 61.4 Å². The first-order chi connectivity index (χ1) is 7.04. The number of aliphatic hydroxyl groups excluding tert-OH is 1. The van der Waals surface area contributed by atoms with Gasteiger partial charge in [-0.2, -0.15) is 0 Å². The topological polar surface area (TPSA) is 61.8 Å². The van der Waals surface area contributed by atoms with Crippen LogP contribution in [0.4, 0.5) is 0 Å². The Balaban J connectivity index is 2.40. The Morgan fingerprint density at radius 3 is 2.87 bits per heavy atom. The molecule has 3 unspecified atom stereocenters. The highest BCUT2D eigenvalue weighted by Gasteiger charge is 2.31. The minimum atomic E-state index is -0.487. The number of carbonyl (C=O) groups is 1. The fourth-order valence-electron chi connectivity index (χ4n) is 1.82. The molecule has 1 rings (SSSR count). The van der Waals surface area contributed by atoms with Gasteiger partial charge in [0.15, 0.2) is 0 Å². The zero-order valence-corrected chi connectivity index (χ0v) is 9.56. The lowest BCUT2D eigenvalue weighted by Crippen LogP contribution is -2.43. The summed E-state index contributed by atoms with van der Waals surface area (Å²) in [5.74, 6) is 0.0236. The van der Waals surface area contributed by atoms with Crippen LogP contribution in [-0.2, 0) is 9.53 Å². The van der Waals surface area contributed by atoms with Gasteiger partial charge in [0.1, 0.15) is 0 Å². The Morgan fingerprint density at radius 2 is 2.40 bits per heavy atom. The van der Waals surface area contributed by atoms with Crippen molar-refractivity contribution in [2.45, 2.75) is 31.6 Å². The SMILES string of the molecule is COC1CNC(C(=O)N(C)CC(C)O)C1. The van der Waals surface area contributed by atoms with E-state index < -0.39 is 6.10 Å². The zero-order valence-electron chi connectivity index (χ0n) is 9.56. The predicted octanol–water partition coefficient (Wildman–Crippen LogP) is -0.797. The highest BCUT2D eigenvalue weighted by Crippen LogP contribution is 2.11. The molecule has 0 aliphatic carbocycles. The van der Waals surface area contributed by atoms with Crippen LogP contribution in [0.5, 0.6) is 0 Å². The number of rotatable bonds is 4. The standard InChI is InChI=1S/C10H20N2O3/c1-7(13)6-12(2)10(14)9-4-8(15-3)5-11-9/h7-9,11,13H,4-6H2,1-3H3. The molecule has 1 fully saturated rings. The van der Waals surface area contributed by atoms with Gasteiger partial charge in [-0.3, -0.25) is 4.79 Å². The number of hydrogen-bond donors (Lipinski definition) is 2. The second-order valence-corrected chi connectivity index (χ2v) is 4.12. The Labute approximate surface area is 90.4 Å². The van der Waals surface area contributed by atoms with E-state index >= 15 is 0 Å². The summed E-state index contributed by atoms with van der Waals surface area (Å²) in [5.41, 5.74) is 0. The van der Waals surface area contributed by atoms with E-state index in [-0.39, 0.29) is 18.1 Å². The Hall–Kier alpha value is -0.650. The lowest BCUT2D eigenvalue weighted by atomic mass is 10.2. The summed E-state index contributed by atoms with van der Waals surface area (Å²) in [7, 11) is 3.36. The van der Waals surface area contributed by atoms with Gasteiger partial charge in [-0.05, 0) is 13.3 Å². The minimum absolute atomic E-state index is 0.0236. The van der Waals surface area contributed by atoms with Crippen LogP contribution in [0.3, 0.4) is 0 Å². The number of nitrogens with zero attached hydrogens (tertiary/aromatic N) is 1. The molecule has 1 aliphatic heterocycles. The molecular weight excluding hydrogens is 196 g/mol. The van der Waals surface area contributed by atoms with Crippen molar-refractivity contribution in [1.29, 1.82) is 0 Å². The summed E-state index contributed by atoms with van der Waals surface area (Å²) in [6.07, 6.45) is 0.344. The quantitative estimate of drug-likeness (QED) is 0.646. The van der Waals surface area contributed by atoms with Gasteiger partial charge in [0.05, 0.1) is 18.2 Å². The highest BCUT2D eigenvalue weighted by molar-refractivity contribution is 5.82. The number of aliphatic hydroxyl groups is 1. The van der Waals surface area contributed by atoms with Crippen LogP contribution in [0.25, 0.3) is 0 Å². The minimum Gasteiger partial charge on any atom is -0.392 e. The van der Waals surface area contributed by atoms with Gasteiger partial charge in [0.2, 0.25) is 5.91 Å². The fraction of sp³-hybridized carbons (Fsp3) is 0.900. The molecule has 88 valence electrons. The average Bonchev–Trinajstić information content (AvgIpc) is 2.63. The van der Waals surface area contributed by atoms with Crippen molar-refractivity contribution in [3.8, 4) is 0 Å². The molecule has 1 aliphatic rings. The molecular formula is C10H20N2O3. The average molecular weight is 216 g/mol. The third-order valence-corrected chi connectivity index (χ3v) is 2.64. The van der Waals surface area contributed by atoms with Crippen LogP contribution in [0.15, 0.2) is 0 Å². The van der Waals surface area contributed by atoms with E-state index in [1.165, 1.54) is 0 Å². The number of amides is 1. The molecule has 0 spiro atoms. The van der Waals surface area contributed by atoms with Crippen molar-refractivity contribution >= 4 is 5.91 Å². The van der Waals surface area contributed by atoms with Crippen molar-refractivity contribution < 1.29 is 14.6 Å². The molecule has 5 nitrogen and oxygen atoms in total. The third-order valence-electron chi connectivity index (χ3n) is 2.64. The van der Waals surface area contributed by atoms with E-state index in [0.29, 0.717) is 13.0 Å². The first-order valence-corrected chi connectivity index (χ1v) is 5.23. The number of nitrogens with one attached hydrogen (secondary N) is 1. The van der Waals surface area contributed by atoms with Gasteiger partial charge < -0.3 is 20.1 Å². The normalized spacial score (nSPS) is 27.7. The maximum Gasteiger partial charge on any atom is 0.239 e. The van der Waals surface area contributed by atoms with E-state index in [4.69, 9.17) is 4.74 Å². The molecule has 0 aromatic rings. The summed E-state index contributed by atoms with van der Waals surface area (Å²) < 4.78 is 5.17. The molecule has 1 amide bonds. The van der Waals surface area contributed by atoms with Crippen molar-refractivity contribution in [1.82, 2.24) is 10.2 Å². The van der Waals surface area contributed by atoms with Gasteiger partial charge in [-0.1, -0.05) is 0 Å². The summed E-state index contributed by atoms with van der Waals surface area (Å²) in [5, 5.41) is 12.3. The van der Waals surface area contributed by atoms with Gasteiger partial charge in [0.25, 0.3) is 0 Å². The van der Waals surface area contributed by atoms with Crippen molar-refractivity contribution in [3.05, 3.63) is 0 Å². The van der Waals surface area contributed by atoms with Crippen molar-refractivity contribution in [2.24, 2.45) is 0 Å². The number of ether oxygens (including phenoxy) is 1. The molecule has 3 atom stereocenters. The number of methoxy groups -OCH3 is 1. The van der Waals surface area contributed by atoms with E-state index in [2.05, 4.69) is 5.32 Å². The zero-order chi connectivity index (χ0) is 11.4. The molecule has 0 aromatic heterocycles. The Kier molecular flexibility index (Phi) is 4.50. The summed E-state index contributed by atoms with van der Waals surface area (Å²) in [6.45, 7) is 2.76. The summed E-state index contributed by atoms with van der Waals surface area (Å²) in [4.78, 5) is 13.4. The summed E-state index contributed by atoms with van der Waals surface area (Å²) >= 11 is 0. The van der Waals surface area contributed by atoms with Gasteiger partial charge >= 0.3 is 0 Å². The predicted molar refractivity (Wildman–Crippen MR) is 56.5 cm³/mol. The Bertz CT molecular complexity index is 221. The van der Waals surface area contributed by atoms with Crippen molar-refractivity contribution in [2.75, 3.05) is 27.2 Å². The second kappa shape index (κ2) is 5.44. The van der Waals surface area contributed by atoms with Crippen LogP contribution in [0, 0.1) is 0 Å². The first kappa shape index (κ1) is 12.4. The van der Waals surface area contributed by atoms with Crippen LogP contribution >= 0.6 is 0 Å². The first-order valence-electron chi connectivity index (χ1n) is 5.23. The van der Waals surface area contributed by atoms with E-state index in [9.17, 15) is 9.90 Å². The van der Waals surface area contributed by atoms with Crippen LogP contribution < -0.4 is 5.32 Å². The van der Waals surface area contributed by atoms with Crippen LogP contribution in [0.2, 0.25) is 0 Å². The molecule has 0 saturated carbocycles. The number of carbonyl (C=O) groups excluding carboxylic acids is 1. The molecule has 0 aromatic carbocycles. The molecule has 15 heavy (non-hydrogen) atoms. The maximum absolute atomic E-state index is 11.8. The Morgan fingerprint density at radius 1 is 1.73 bits per heavy atom. The van der Waals surface area contributed by atoms with E-state index in [0.717, 1.165) is 6.54 Å². The molecule has 5 heteroatoms. The van der Waals surface area contributed by atoms with E-state index in [1.54, 1.807) is 26.0 Å². The summed E-state index contributed by atoms with van der Waals surface area (Å²) in [6, 6.07) is -0.168. The van der Waals surface area contributed by atoms with Gasteiger partial charge in [-0.15, -0.1) is 0 Å². The van der Waals surface area contributed by atoms with Crippen molar-refractivity contribution in [3.63, 3.8) is 0 Å². The third kappa shape index (κ3) is 3.44. The molecule has 0 radical (unpaired) electrons. The molecule has 0 bridgehead atoms. The number of hydrogen-bond acceptors (Lipinski definition) is 4. The monoisotopic (exact) mass is 216 g/mol. The smallest absolute Gasteiger partial charge is 0.239 e. The lowest BCUT2D eigenvalue weighted by Gasteiger charge is -2.22. The number of likely N-dealkylation sites (N-methyl/N-ethyl adjacent to an activating group) is 1. The van der Waals surface area contributed by atoms with Gasteiger partial charge in [-0.25, -0.2) is 0 Å². The van der Waals surface area contributed by atoms with E-state index in [1.807, 2.05) is 0 Å². The second-order valence-electron chi connectivity index (χ2n) is 4.12. The lowest BCUT2D eigenvalue weighted by molar-refractivity contribution is -0.133. The largest absolute Gasteiger partial charge is 0.392 e. The molecule has 2 N–H and O–H groups in total.